The van der Waals surface area contributed by atoms with Crippen molar-refractivity contribution < 1.29 is 15.0 Å². The third-order valence-corrected chi connectivity index (χ3v) is 4.69. The van der Waals surface area contributed by atoms with Crippen LogP contribution in [-0.2, 0) is 15.7 Å². The smallest absolute Gasteiger partial charge is 0.359 e. The van der Waals surface area contributed by atoms with Crippen LogP contribution in [0.3, 0.4) is 0 Å². The van der Waals surface area contributed by atoms with E-state index in [0.29, 0.717) is 0 Å². The standard InChI is InChI=1S/C11H20O3S/c1-15(2)10(11(13)14)9(12)8-6-4-3-5-7-8/h8-10,12H,3-7H2,1-2H3/p+1/t9-,10-/m0/s1. The molecule has 2 N–H and O–H groups in total. The Morgan fingerprint density at radius 2 is 1.80 bits per heavy atom. The highest BCUT2D eigenvalue weighted by molar-refractivity contribution is 7.96. The van der Waals surface area contributed by atoms with Gasteiger partial charge in [0.25, 0.3) is 0 Å². The van der Waals surface area contributed by atoms with Crippen LogP contribution in [0, 0.1) is 5.92 Å². The van der Waals surface area contributed by atoms with Crippen molar-refractivity contribution in [3.63, 3.8) is 0 Å². The third-order valence-electron chi connectivity index (χ3n) is 3.19. The lowest BCUT2D eigenvalue weighted by Gasteiger charge is -2.28. The predicted octanol–water partition coefficient (Wildman–Crippen LogP) is 1.26. The molecule has 1 saturated carbocycles. The molecular formula is C11H21O3S+. The van der Waals surface area contributed by atoms with Crippen molar-refractivity contribution >= 4 is 16.9 Å². The first-order chi connectivity index (χ1) is 7.04. The van der Waals surface area contributed by atoms with Gasteiger partial charge in [-0.25, -0.2) is 4.79 Å². The molecule has 0 aliphatic heterocycles. The molecule has 0 bridgehead atoms. The van der Waals surface area contributed by atoms with Crippen molar-refractivity contribution in [1.82, 2.24) is 0 Å². The molecule has 1 fully saturated rings. The Balaban J connectivity index is 2.61. The second-order valence-electron chi connectivity index (χ2n) is 4.53. The minimum Gasteiger partial charge on any atom is -0.477 e. The molecule has 0 aromatic heterocycles. The Kier molecular flexibility index (Phi) is 4.93. The van der Waals surface area contributed by atoms with Gasteiger partial charge in [0, 0.05) is 0 Å². The van der Waals surface area contributed by atoms with Gasteiger partial charge in [0.05, 0.1) is 12.5 Å². The molecule has 1 aliphatic carbocycles. The van der Waals surface area contributed by atoms with Crippen LogP contribution in [0.1, 0.15) is 32.1 Å². The monoisotopic (exact) mass is 233 g/mol. The average molecular weight is 233 g/mol. The SMILES string of the molecule is C[S+](C)[C@H](C(=O)O)[C@@H](O)C1CCCCC1. The number of aliphatic hydroxyl groups is 1. The van der Waals surface area contributed by atoms with Crippen molar-refractivity contribution in [3.8, 4) is 0 Å². The third kappa shape index (κ3) is 3.38. The zero-order valence-electron chi connectivity index (χ0n) is 9.48. The number of aliphatic carboxylic acids is 1. The number of carboxylic acid groups (broad SMARTS) is 1. The maximum absolute atomic E-state index is 11.1. The van der Waals surface area contributed by atoms with Gasteiger partial charge in [-0.15, -0.1) is 0 Å². The van der Waals surface area contributed by atoms with E-state index in [2.05, 4.69) is 0 Å². The molecule has 15 heavy (non-hydrogen) atoms. The maximum Gasteiger partial charge on any atom is 0.359 e. The fraction of sp³-hybridized carbons (Fsp3) is 0.909. The van der Waals surface area contributed by atoms with Crippen molar-refractivity contribution in [2.45, 2.75) is 43.5 Å². The van der Waals surface area contributed by atoms with Crippen LogP contribution >= 0.6 is 0 Å². The van der Waals surface area contributed by atoms with Crippen LogP contribution in [0.25, 0.3) is 0 Å². The summed E-state index contributed by atoms with van der Waals surface area (Å²) in [5.41, 5.74) is 0. The summed E-state index contributed by atoms with van der Waals surface area (Å²) in [5.74, 6) is -0.642. The fourth-order valence-electron chi connectivity index (χ4n) is 2.35. The summed E-state index contributed by atoms with van der Waals surface area (Å²) in [6.07, 6.45) is 8.61. The van der Waals surface area contributed by atoms with Crippen molar-refractivity contribution in [1.29, 1.82) is 0 Å². The number of carboxylic acids is 1. The molecule has 1 rings (SSSR count). The van der Waals surface area contributed by atoms with Gasteiger partial charge in [0.1, 0.15) is 6.10 Å². The summed E-state index contributed by atoms with van der Waals surface area (Å²) < 4.78 is 0. The van der Waals surface area contributed by atoms with Crippen LogP contribution in [0.4, 0.5) is 0 Å². The van der Waals surface area contributed by atoms with E-state index in [1.807, 2.05) is 12.5 Å². The molecule has 0 unspecified atom stereocenters. The van der Waals surface area contributed by atoms with Crippen LogP contribution in [0.15, 0.2) is 0 Å². The molecule has 0 spiro atoms. The van der Waals surface area contributed by atoms with E-state index in [4.69, 9.17) is 5.11 Å². The number of hydrogen-bond acceptors (Lipinski definition) is 2. The second-order valence-corrected chi connectivity index (χ2v) is 6.79. The van der Waals surface area contributed by atoms with Gasteiger partial charge in [-0.3, -0.25) is 0 Å². The summed E-state index contributed by atoms with van der Waals surface area (Å²) in [6, 6.07) is 0. The van der Waals surface area contributed by atoms with Gasteiger partial charge in [-0.05, 0) is 29.7 Å². The number of carbonyl (C=O) groups is 1. The van der Waals surface area contributed by atoms with E-state index in [1.165, 1.54) is 6.42 Å². The van der Waals surface area contributed by atoms with Crippen LogP contribution in [-0.4, -0.2) is 40.0 Å². The Hall–Kier alpha value is -0.220. The first-order valence-corrected chi connectivity index (χ1v) is 7.61. The van der Waals surface area contributed by atoms with E-state index >= 15 is 0 Å². The van der Waals surface area contributed by atoms with Crippen LogP contribution in [0.5, 0.6) is 0 Å². The molecule has 0 aromatic carbocycles. The van der Waals surface area contributed by atoms with E-state index in [1.54, 1.807) is 0 Å². The predicted molar refractivity (Wildman–Crippen MR) is 63.2 cm³/mol. The maximum atomic E-state index is 11.1. The van der Waals surface area contributed by atoms with E-state index in [9.17, 15) is 9.90 Å². The molecule has 4 heteroatoms. The van der Waals surface area contributed by atoms with Crippen LogP contribution < -0.4 is 0 Å². The Morgan fingerprint density at radius 1 is 1.27 bits per heavy atom. The Labute approximate surface area is 94.2 Å². The molecule has 3 nitrogen and oxygen atoms in total. The summed E-state index contributed by atoms with van der Waals surface area (Å²) in [4.78, 5) is 11.1. The molecule has 88 valence electrons. The first kappa shape index (κ1) is 12.8. The first-order valence-electron chi connectivity index (χ1n) is 5.51. The lowest BCUT2D eigenvalue weighted by molar-refractivity contribution is -0.139. The topological polar surface area (TPSA) is 57.5 Å². The Morgan fingerprint density at radius 3 is 2.20 bits per heavy atom. The molecule has 2 atom stereocenters. The summed E-state index contributed by atoms with van der Waals surface area (Å²) in [5, 5.41) is 18.6. The zero-order chi connectivity index (χ0) is 11.4. The highest BCUT2D eigenvalue weighted by Crippen LogP contribution is 2.29. The number of aliphatic hydroxyl groups excluding tert-OH is 1. The highest BCUT2D eigenvalue weighted by atomic mass is 32.2. The summed E-state index contributed by atoms with van der Waals surface area (Å²) >= 11 is 0. The Bertz CT molecular complexity index is 212. The molecule has 0 saturated heterocycles. The molecular weight excluding hydrogens is 212 g/mol. The average Bonchev–Trinajstić information content (AvgIpc) is 2.18. The lowest BCUT2D eigenvalue weighted by Crippen LogP contribution is -2.44. The van der Waals surface area contributed by atoms with Gasteiger partial charge in [-0.2, -0.15) is 0 Å². The van der Waals surface area contributed by atoms with Gasteiger partial charge < -0.3 is 10.2 Å². The van der Waals surface area contributed by atoms with E-state index in [0.717, 1.165) is 25.7 Å². The quantitative estimate of drug-likeness (QED) is 0.719. The lowest BCUT2D eigenvalue weighted by atomic mass is 9.84. The number of rotatable bonds is 4. The van der Waals surface area contributed by atoms with E-state index < -0.39 is 17.3 Å². The highest BCUT2D eigenvalue weighted by Gasteiger charge is 2.41. The molecule has 1 aliphatic rings. The molecule has 0 radical (unpaired) electrons. The minimum absolute atomic E-state index is 0.203. The number of hydrogen-bond donors (Lipinski definition) is 2. The van der Waals surface area contributed by atoms with Crippen LogP contribution in [0.2, 0.25) is 0 Å². The summed E-state index contributed by atoms with van der Waals surface area (Å²) in [6.45, 7) is 0. The molecule has 0 amide bonds. The molecule has 0 heterocycles. The van der Waals surface area contributed by atoms with Crippen molar-refractivity contribution in [2.24, 2.45) is 5.92 Å². The normalized spacial score (nSPS) is 22.7. The van der Waals surface area contributed by atoms with Gasteiger partial charge in [-0.1, -0.05) is 19.3 Å². The van der Waals surface area contributed by atoms with Gasteiger partial charge >= 0.3 is 5.97 Å². The fourth-order valence-corrected chi connectivity index (χ4v) is 3.53. The molecule has 0 aromatic rings. The van der Waals surface area contributed by atoms with Crippen molar-refractivity contribution in [3.05, 3.63) is 0 Å². The largest absolute Gasteiger partial charge is 0.477 e. The zero-order valence-corrected chi connectivity index (χ0v) is 10.3. The second kappa shape index (κ2) is 5.75. The van der Waals surface area contributed by atoms with E-state index in [-0.39, 0.29) is 16.8 Å². The van der Waals surface area contributed by atoms with Crippen molar-refractivity contribution in [2.75, 3.05) is 12.5 Å². The summed E-state index contributed by atoms with van der Waals surface area (Å²) in [7, 11) is -0.265. The van der Waals surface area contributed by atoms with Gasteiger partial charge in [0.15, 0.2) is 0 Å². The minimum atomic E-state index is -0.846. The van der Waals surface area contributed by atoms with Gasteiger partial charge in [0.2, 0.25) is 5.25 Å².